The van der Waals surface area contributed by atoms with E-state index >= 15 is 0 Å². The summed E-state index contributed by atoms with van der Waals surface area (Å²) in [5.41, 5.74) is -0.646. The molecule has 24 heavy (non-hydrogen) atoms. The van der Waals surface area contributed by atoms with E-state index in [1.54, 1.807) is 0 Å². The smallest absolute Gasteiger partial charge is 0.416 e. The minimum atomic E-state index is -4.49. The average molecular weight is 339 g/mol. The second-order valence-electron chi connectivity index (χ2n) is 4.96. The van der Waals surface area contributed by atoms with Gasteiger partial charge in [-0.2, -0.15) is 18.3 Å². The molecule has 0 saturated carbocycles. The van der Waals surface area contributed by atoms with E-state index in [9.17, 15) is 22.4 Å². The molecule has 9 heteroatoms. The second-order valence-corrected chi connectivity index (χ2v) is 4.96. The molecule has 5 nitrogen and oxygen atoms in total. The van der Waals surface area contributed by atoms with E-state index in [-0.39, 0.29) is 28.0 Å². The fourth-order valence-electron chi connectivity index (χ4n) is 2.26. The number of fused-ring (bicyclic) bond motifs is 1. The SMILES string of the molecule is O=C(O)c1cnn2cc(CF)c(-c3ccc(C(F)(F)F)cc3)nc12. The van der Waals surface area contributed by atoms with Gasteiger partial charge in [-0.3, -0.25) is 0 Å². The van der Waals surface area contributed by atoms with Crippen LogP contribution in [0, 0.1) is 0 Å². The summed E-state index contributed by atoms with van der Waals surface area (Å²) < 4.78 is 52.2. The summed E-state index contributed by atoms with van der Waals surface area (Å²) in [5, 5.41) is 12.9. The van der Waals surface area contributed by atoms with Gasteiger partial charge in [-0.05, 0) is 12.1 Å². The fraction of sp³-hybridized carbons (Fsp3) is 0.133. The number of benzene rings is 1. The Bertz CT molecular complexity index is 917. The van der Waals surface area contributed by atoms with Crippen molar-refractivity contribution in [3.05, 3.63) is 53.3 Å². The van der Waals surface area contributed by atoms with Crippen molar-refractivity contribution in [1.29, 1.82) is 0 Å². The van der Waals surface area contributed by atoms with Crippen molar-refractivity contribution < 1.29 is 27.5 Å². The number of rotatable bonds is 3. The van der Waals surface area contributed by atoms with E-state index < -0.39 is 24.4 Å². The molecular formula is C15H9F4N3O2. The van der Waals surface area contributed by atoms with Crippen LogP contribution in [0.25, 0.3) is 16.9 Å². The fourth-order valence-corrected chi connectivity index (χ4v) is 2.26. The number of hydrogen-bond donors (Lipinski definition) is 1. The van der Waals surface area contributed by atoms with Crippen molar-refractivity contribution in [2.24, 2.45) is 0 Å². The zero-order valence-corrected chi connectivity index (χ0v) is 11.9. The van der Waals surface area contributed by atoms with Crippen molar-refractivity contribution in [1.82, 2.24) is 14.6 Å². The molecule has 3 rings (SSSR count). The predicted molar refractivity (Wildman–Crippen MR) is 75.2 cm³/mol. The lowest BCUT2D eigenvalue weighted by molar-refractivity contribution is -0.137. The first-order valence-corrected chi connectivity index (χ1v) is 6.65. The van der Waals surface area contributed by atoms with E-state index in [2.05, 4.69) is 10.1 Å². The molecular weight excluding hydrogens is 330 g/mol. The van der Waals surface area contributed by atoms with Crippen LogP contribution in [0.1, 0.15) is 21.5 Å². The summed E-state index contributed by atoms with van der Waals surface area (Å²) in [7, 11) is 0. The zero-order valence-electron chi connectivity index (χ0n) is 11.9. The first-order valence-electron chi connectivity index (χ1n) is 6.65. The molecule has 0 amide bonds. The lowest BCUT2D eigenvalue weighted by atomic mass is 10.1. The van der Waals surface area contributed by atoms with E-state index in [1.165, 1.54) is 6.20 Å². The molecule has 1 N–H and O–H groups in total. The standard InChI is InChI=1S/C15H9F4N3O2/c16-5-9-7-22-13(11(6-20-22)14(23)24)21-12(9)8-1-3-10(4-2-8)15(17,18)19/h1-4,6-7H,5H2,(H,23,24). The van der Waals surface area contributed by atoms with E-state index in [0.717, 1.165) is 35.0 Å². The van der Waals surface area contributed by atoms with Gasteiger partial charge in [-0.25, -0.2) is 18.7 Å². The molecule has 0 aliphatic heterocycles. The van der Waals surface area contributed by atoms with Crippen molar-refractivity contribution >= 4 is 11.6 Å². The number of carboxylic acid groups (broad SMARTS) is 1. The van der Waals surface area contributed by atoms with Gasteiger partial charge in [0, 0.05) is 17.3 Å². The number of nitrogens with zero attached hydrogens (tertiary/aromatic N) is 3. The Morgan fingerprint density at radius 1 is 1.21 bits per heavy atom. The third-order valence-corrected chi connectivity index (χ3v) is 3.43. The van der Waals surface area contributed by atoms with Crippen molar-refractivity contribution in [2.75, 3.05) is 0 Å². The van der Waals surface area contributed by atoms with Gasteiger partial charge in [-0.1, -0.05) is 12.1 Å². The highest BCUT2D eigenvalue weighted by atomic mass is 19.4. The summed E-state index contributed by atoms with van der Waals surface area (Å²) in [4.78, 5) is 15.2. The van der Waals surface area contributed by atoms with Crippen LogP contribution in [-0.2, 0) is 12.9 Å². The number of carbonyl (C=O) groups is 1. The van der Waals surface area contributed by atoms with Gasteiger partial charge < -0.3 is 5.11 Å². The van der Waals surface area contributed by atoms with Crippen LogP contribution < -0.4 is 0 Å². The van der Waals surface area contributed by atoms with E-state index in [0.29, 0.717) is 0 Å². The molecule has 0 spiro atoms. The minimum absolute atomic E-state index is 0.0189. The molecule has 0 radical (unpaired) electrons. The molecule has 0 fully saturated rings. The Labute approximate surface area is 132 Å². The normalized spacial score (nSPS) is 11.8. The number of aromatic nitrogens is 3. The van der Waals surface area contributed by atoms with E-state index in [4.69, 9.17) is 5.11 Å². The monoisotopic (exact) mass is 339 g/mol. The van der Waals surface area contributed by atoms with Gasteiger partial charge in [-0.15, -0.1) is 0 Å². The van der Waals surface area contributed by atoms with Gasteiger partial charge in [0.2, 0.25) is 0 Å². The summed E-state index contributed by atoms with van der Waals surface area (Å²) in [6.45, 7) is -0.929. The number of carboxylic acids is 1. The van der Waals surface area contributed by atoms with E-state index in [1.807, 2.05) is 0 Å². The third-order valence-electron chi connectivity index (χ3n) is 3.43. The van der Waals surface area contributed by atoms with Gasteiger partial charge in [0.15, 0.2) is 5.65 Å². The number of hydrogen-bond acceptors (Lipinski definition) is 3. The van der Waals surface area contributed by atoms with Crippen LogP contribution >= 0.6 is 0 Å². The highest BCUT2D eigenvalue weighted by molar-refractivity contribution is 5.94. The van der Waals surface area contributed by atoms with Crippen LogP contribution in [0.15, 0.2) is 36.7 Å². The molecule has 2 heterocycles. The lowest BCUT2D eigenvalue weighted by Crippen LogP contribution is -2.05. The molecule has 124 valence electrons. The van der Waals surface area contributed by atoms with Crippen LogP contribution in [0.4, 0.5) is 17.6 Å². The minimum Gasteiger partial charge on any atom is -0.477 e. The Hall–Kier alpha value is -2.97. The molecule has 2 aromatic heterocycles. The third kappa shape index (κ3) is 2.68. The highest BCUT2D eigenvalue weighted by Gasteiger charge is 2.30. The molecule has 0 aliphatic rings. The van der Waals surface area contributed by atoms with Gasteiger partial charge >= 0.3 is 12.1 Å². The van der Waals surface area contributed by atoms with Crippen molar-refractivity contribution in [3.8, 4) is 11.3 Å². The number of alkyl halides is 4. The Morgan fingerprint density at radius 3 is 2.42 bits per heavy atom. The topological polar surface area (TPSA) is 67.5 Å². The molecule has 0 unspecified atom stereocenters. The van der Waals surface area contributed by atoms with Crippen LogP contribution in [-0.4, -0.2) is 25.7 Å². The Kier molecular flexibility index (Phi) is 3.70. The molecule has 0 aliphatic carbocycles. The zero-order chi connectivity index (χ0) is 17.5. The van der Waals surface area contributed by atoms with Crippen molar-refractivity contribution in [3.63, 3.8) is 0 Å². The predicted octanol–water partition coefficient (Wildman–Crippen LogP) is 3.58. The quantitative estimate of drug-likeness (QED) is 0.741. The summed E-state index contributed by atoms with van der Waals surface area (Å²) >= 11 is 0. The maximum absolute atomic E-state index is 13.3. The molecule has 0 saturated heterocycles. The molecule has 0 atom stereocenters. The molecule has 3 aromatic rings. The average Bonchev–Trinajstić information content (AvgIpc) is 2.96. The maximum atomic E-state index is 13.3. The number of halogens is 4. The van der Waals surface area contributed by atoms with Crippen LogP contribution in [0.5, 0.6) is 0 Å². The largest absolute Gasteiger partial charge is 0.477 e. The van der Waals surface area contributed by atoms with Crippen molar-refractivity contribution in [2.45, 2.75) is 12.9 Å². The maximum Gasteiger partial charge on any atom is 0.416 e. The number of aromatic carboxylic acids is 1. The lowest BCUT2D eigenvalue weighted by Gasteiger charge is -2.10. The van der Waals surface area contributed by atoms with Gasteiger partial charge in [0.1, 0.15) is 12.2 Å². The Morgan fingerprint density at radius 2 is 1.88 bits per heavy atom. The molecule has 0 bridgehead atoms. The molecule has 1 aromatic carbocycles. The highest BCUT2D eigenvalue weighted by Crippen LogP contribution is 2.31. The van der Waals surface area contributed by atoms with Crippen LogP contribution in [0.3, 0.4) is 0 Å². The summed E-state index contributed by atoms with van der Waals surface area (Å²) in [5.74, 6) is -1.26. The Balaban J connectivity index is 2.17. The van der Waals surface area contributed by atoms with Gasteiger partial charge in [0.25, 0.3) is 0 Å². The first kappa shape index (κ1) is 15.9. The van der Waals surface area contributed by atoms with Gasteiger partial charge in [0.05, 0.1) is 17.5 Å². The second kappa shape index (κ2) is 5.59. The summed E-state index contributed by atoms with van der Waals surface area (Å²) in [6.07, 6.45) is -2.15. The summed E-state index contributed by atoms with van der Waals surface area (Å²) in [6, 6.07) is 4.05. The first-order chi connectivity index (χ1) is 11.3. The van der Waals surface area contributed by atoms with Crippen LogP contribution in [0.2, 0.25) is 0 Å².